The maximum Gasteiger partial charge on any atom is 0.247 e. The van der Waals surface area contributed by atoms with Crippen molar-refractivity contribution in [1.29, 1.82) is 0 Å². The second kappa shape index (κ2) is 11.5. The third kappa shape index (κ3) is 5.72. The lowest BCUT2D eigenvalue weighted by molar-refractivity contribution is -0.352. The summed E-state index contributed by atoms with van der Waals surface area (Å²) in [6.45, 7) is 1.98. The van der Waals surface area contributed by atoms with Gasteiger partial charge in [0.25, 0.3) is 0 Å². The smallest absolute Gasteiger partial charge is 0.247 e. The highest BCUT2D eigenvalue weighted by Gasteiger charge is 2.51. The van der Waals surface area contributed by atoms with Crippen molar-refractivity contribution in [1.82, 2.24) is 0 Å². The van der Waals surface area contributed by atoms with Crippen LogP contribution in [0.25, 0.3) is 0 Å². The lowest BCUT2D eigenvalue weighted by Gasteiger charge is -2.45. The summed E-state index contributed by atoms with van der Waals surface area (Å²) in [5.74, 6) is -0.183. The summed E-state index contributed by atoms with van der Waals surface area (Å²) in [5, 5.41) is 72.7. The number of nitrogens with one attached hydrogen (secondary N) is 1. The van der Waals surface area contributed by atoms with E-state index in [1.54, 1.807) is 0 Å². The van der Waals surface area contributed by atoms with E-state index in [2.05, 4.69) is 11.9 Å². The Morgan fingerprint density at radius 1 is 0.882 bits per heavy atom. The Kier molecular flexibility index (Phi) is 8.95. The molecule has 190 valence electrons. The number of hydrogen-bond donors (Lipinski definition) is 8. The first-order valence-corrected chi connectivity index (χ1v) is 10.5. The van der Waals surface area contributed by atoms with Crippen LogP contribution in [0.1, 0.15) is 0 Å². The van der Waals surface area contributed by atoms with Crippen molar-refractivity contribution < 1.29 is 59.5 Å². The SMILES string of the molecule is C=CC(=O)Nc1ccc(O[C@@H]2O[C@H](CO)[C@H](O[C@H]3O[C@H](CO)[C@H](O)[C@H](O)[C@H]3O)[C@H](O)[C@H]2O)cc1. The van der Waals surface area contributed by atoms with Crippen molar-refractivity contribution >= 4 is 11.6 Å². The highest BCUT2D eigenvalue weighted by Crippen LogP contribution is 2.30. The molecule has 1 amide bonds. The molecule has 0 aliphatic carbocycles. The first-order valence-electron chi connectivity index (χ1n) is 10.5. The van der Waals surface area contributed by atoms with E-state index in [4.69, 9.17) is 18.9 Å². The van der Waals surface area contributed by atoms with E-state index in [1.165, 1.54) is 24.3 Å². The molecule has 1 aromatic rings. The number of anilines is 1. The van der Waals surface area contributed by atoms with Crippen molar-refractivity contribution in [3.63, 3.8) is 0 Å². The van der Waals surface area contributed by atoms with Gasteiger partial charge >= 0.3 is 0 Å². The van der Waals surface area contributed by atoms with Gasteiger partial charge in [0.1, 0.15) is 54.6 Å². The van der Waals surface area contributed by atoms with Crippen molar-refractivity contribution in [2.24, 2.45) is 0 Å². The van der Waals surface area contributed by atoms with Gasteiger partial charge in [-0.2, -0.15) is 0 Å². The van der Waals surface area contributed by atoms with Crippen LogP contribution < -0.4 is 10.1 Å². The molecule has 2 saturated heterocycles. The fourth-order valence-electron chi connectivity index (χ4n) is 3.60. The maximum atomic E-state index is 11.4. The van der Waals surface area contributed by atoms with Crippen LogP contribution >= 0.6 is 0 Å². The summed E-state index contributed by atoms with van der Waals surface area (Å²) in [4.78, 5) is 11.4. The molecule has 2 aliphatic heterocycles. The summed E-state index contributed by atoms with van der Waals surface area (Å²) >= 11 is 0. The Labute approximate surface area is 194 Å². The second-order valence-corrected chi connectivity index (χ2v) is 7.84. The average Bonchev–Trinajstić information content (AvgIpc) is 2.84. The third-order valence-electron chi connectivity index (χ3n) is 5.52. The molecule has 8 N–H and O–H groups in total. The first kappa shape index (κ1) is 26.4. The molecule has 0 radical (unpaired) electrons. The molecule has 0 spiro atoms. The third-order valence-corrected chi connectivity index (χ3v) is 5.52. The van der Waals surface area contributed by atoms with Crippen LogP contribution in [0.5, 0.6) is 5.75 Å². The van der Waals surface area contributed by atoms with Gasteiger partial charge < -0.3 is 60.0 Å². The quantitative estimate of drug-likeness (QED) is 0.171. The Morgan fingerprint density at radius 2 is 1.47 bits per heavy atom. The molecule has 3 rings (SSSR count). The molecule has 10 atom stereocenters. The van der Waals surface area contributed by atoms with Gasteiger partial charge in [0.15, 0.2) is 6.29 Å². The van der Waals surface area contributed by atoms with Gasteiger partial charge in [-0.15, -0.1) is 0 Å². The molecule has 2 fully saturated rings. The molecule has 1 aromatic carbocycles. The zero-order chi connectivity index (χ0) is 25.0. The highest BCUT2D eigenvalue weighted by molar-refractivity contribution is 5.98. The summed E-state index contributed by atoms with van der Waals surface area (Å²) < 4.78 is 21.8. The Bertz CT molecular complexity index is 818. The van der Waals surface area contributed by atoms with Gasteiger partial charge in [0, 0.05) is 5.69 Å². The fraction of sp³-hybridized carbons (Fsp3) is 0.571. The second-order valence-electron chi connectivity index (χ2n) is 7.84. The van der Waals surface area contributed by atoms with Gasteiger partial charge in [0.05, 0.1) is 13.2 Å². The molecule has 34 heavy (non-hydrogen) atoms. The first-order chi connectivity index (χ1) is 16.2. The molecule has 0 unspecified atom stereocenters. The minimum atomic E-state index is -1.75. The van der Waals surface area contributed by atoms with E-state index < -0.39 is 80.5 Å². The van der Waals surface area contributed by atoms with Crippen LogP contribution in [0.2, 0.25) is 0 Å². The van der Waals surface area contributed by atoms with Crippen molar-refractivity contribution in [2.75, 3.05) is 18.5 Å². The van der Waals surface area contributed by atoms with Gasteiger partial charge in [-0.1, -0.05) is 6.58 Å². The minimum absolute atomic E-state index is 0.220. The van der Waals surface area contributed by atoms with Gasteiger partial charge in [-0.3, -0.25) is 4.79 Å². The monoisotopic (exact) mass is 487 g/mol. The molecule has 2 heterocycles. The van der Waals surface area contributed by atoms with Crippen LogP contribution in [0.3, 0.4) is 0 Å². The summed E-state index contributed by atoms with van der Waals surface area (Å²) in [7, 11) is 0. The molecular formula is C21H29NO12. The number of aliphatic hydroxyl groups is 7. The molecule has 13 heteroatoms. The summed E-state index contributed by atoms with van der Waals surface area (Å²) in [5.41, 5.74) is 0.462. The number of benzene rings is 1. The summed E-state index contributed by atoms with van der Waals surface area (Å²) in [6, 6.07) is 6.01. The van der Waals surface area contributed by atoms with E-state index in [0.717, 1.165) is 6.08 Å². The zero-order valence-corrected chi connectivity index (χ0v) is 18.0. The standard InChI is InChI=1S/C21H29NO12/c1-2-13(25)22-9-3-5-10(6-4-9)31-20-18(30)16(28)19(12(8-24)33-20)34-21-17(29)15(27)14(26)11(7-23)32-21/h2-6,11-12,14-21,23-24,26-30H,1,7-8H2,(H,22,25)/t11-,12-,14+,15+,16-,17-,18-,19+,20-,21-/m1/s1. The lowest BCUT2D eigenvalue weighted by Crippen LogP contribution is -2.65. The topological polar surface area (TPSA) is 208 Å². The Balaban J connectivity index is 1.67. The van der Waals surface area contributed by atoms with E-state index in [9.17, 15) is 40.5 Å². The number of carbonyl (C=O) groups is 1. The molecule has 0 bridgehead atoms. The minimum Gasteiger partial charge on any atom is -0.462 e. The van der Waals surface area contributed by atoms with Crippen LogP contribution in [0.15, 0.2) is 36.9 Å². The van der Waals surface area contributed by atoms with Crippen molar-refractivity contribution in [3.05, 3.63) is 36.9 Å². The van der Waals surface area contributed by atoms with Crippen molar-refractivity contribution in [3.8, 4) is 5.75 Å². The van der Waals surface area contributed by atoms with Gasteiger partial charge in [-0.25, -0.2) is 0 Å². The average molecular weight is 487 g/mol. The van der Waals surface area contributed by atoms with E-state index in [1.807, 2.05) is 0 Å². The van der Waals surface area contributed by atoms with Crippen LogP contribution in [-0.2, 0) is 19.0 Å². The van der Waals surface area contributed by atoms with E-state index >= 15 is 0 Å². The number of carbonyl (C=O) groups excluding carboxylic acids is 1. The predicted octanol–water partition coefficient (Wildman–Crippen LogP) is -3.19. The highest BCUT2D eigenvalue weighted by atomic mass is 16.7. The Morgan fingerprint density at radius 3 is 2.06 bits per heavy atom. The predicted molar refractivity (Wildman–Crippen MR) is 112 cm³/mol. The van der Waals surface area contributed by atoms with E-state index in [0.29, 0.717) is 5.69 Å². The maximum absolute atomic E-state index is 11.4. The molecule has 0 saturated carbocycles. The van der Waals surface area contributed by atoms with Crippen LogP contribution in [0.4, 0.5) is 5.69 Å². The van der Waals surface area contributed by atoms with Crippen molar-refractivity contribution in [2.45, 2.75) is 61.4 Å². The number of aliphatic hydroxyl groups excluding tert-OH is 7. The largest absolute Gasteiger partial charge is 0.462 e. The number of amides is 1. The van der Waals surface area contributed by atoms with Crippen LogP contribution in [0, 0.1) is 0 Å². The summed E-state index contributed by atoms with van der Waals surface area (Å²) in [6.07, 6.45) is -14.3. The fourth-order valence-corrected chi connectivity index (χ4v) is 3.60. The molecular weight excluding hydrogens is 458 g/mol. The zero-order valence-electron chi connectivity index (χ0n) is 18.0. The van der Waals surface area contributed by atoms with E-state index in [-0.39, 0.29) is 5.75 Å². The number of hydrogen-bond acceptors (Lipinski definition) is 12. The number of rotatable bonds is 8. The normalized spacial score (nSPS) is 38.2. The Hall–Kier alpha value is -2.17. The lowest BCUT2D eigenvalue weighted by atomic mass is 9.97. The molecule has 13 nitrogen and oxygen atoms in total. The van der Waals surface area contributed by atoms with Crippen LogP contribution in [-0.4, -0.2) is 116 Å². The molecule has 2 aliphatic rings. The number of ether oxygens (including phenoxy) is 4. The molecule has 0 aromatic heterocycles. The van der Waals surface area contributed by atoms with Gasteiger partial charge in [-0.05, 0) is 30.3 Å². The van der Waals surface area contributed by atoms with Gasteiger partial charge in [0.2, 0.25) is 12.2 Å².